The molecule has 0 bridgehead atoms. The lowest BCUT2D eigenvalue weighted by Gasteiger charge is -2.17. The molecule has 0 saturated carbocycles. The van der Waals surface area contributed by atoms with Crippen molar-refractivity contribution < 1.29 is 20.1 Å². The summed E-state index contributed by atoms with van der Waals surface area (Å²) in [5.74, 6) is 0.552. The molecule has 2 aromatic heterocycles. The lowest BCUT2D eigenvalue weighted by molar-refractivity contribution is -0.0566. The van der Waals surface area contributed by atoms with Crippen LogP contribution in [0.1, 0.15) is 17.4 Å². The van der Waals surface area contributed by atoms with E-state index in [0.717, 1.165) is 12.8 Å². The quantitative estimate of drug-likeness (QED) is 0.456. The van der Waals surface area contributed by atoms with Gasteiger partial charge in [0, 0.05) is 6.04 Å². The van der Waals surface area contributed by atoms with Crippen molar-refractivity contribution in [3.05, 3.63) is 46.9 Å². The summed E-state index contributed by atoms with van der Waals surface area (Å²) in [6.07, 6.45) is -1.05. The fourth-order valence-electron chi connectivity index (χ4n) is 4.13. The maximum absolute atomic E-state index is 10.3. The number of nitrogens with zero attached hydrogens (tertiary/aromatic N) is 4. The molecule has 3 heterocycles. The largest absolute Gasteiger partial charge is 0.394 e. The van der Waals surface area contributed by atoms with E-state index in [4.69, 9.17) is 16.3 Å². The smallest absolute Gasteiger partial charge is 0.226 e. The van der Waals surface area contributed by atoms with E-state index in [2.05, 4.69) is 32.5 Å². The number of halogens is 1. The van der Waals surface area contributed by atoms with E-state index >= 15 is 0 Å². The predicted octanol–water partition coefficient (Wildman–Crippen LogP) is 0.670. The predicted molar refractivity (Wildman–Crippen MR) is 105 cm³/mol. The summed E-state index contributed by atoms with van der Waals surface area (Å²) in [4.78, 5) is 8.57. The van der Waals surface area contributed by atoms with Crippen LogP contribution in [0.2, 0.25) is 5.28 Å². The Morgan fingerprint density at radius 1 is 1.14 bits per heavy atom. The van der Waals surface area contributed by atoms with Crippen LogP contribution < -0.4 is 5.32 Å². The second-order valence-corrected chi connectivity index (χ2v) is 7.75. The molecule has 3 aromatic rings. The summed E-state index contributed by atoms with van der Waals surface area (Å²) in [6, 6.07) is 8.48. The van der Waals surface area contributed by atoms with Crippen LogP contribution in [-0.2, 0) is 17.6 Å². The van der Waals surface area contributed by atoms with Crippen LogP contribution in [0, 0.1) is 0 Å². The third-order valence-corrected chi connectivity index (χ3v) is 5.75. The summed E-state index contributed by atoms with van der Waals surface area (Å²) >= 11 is 6.16. The molecule has 1 saturated heterocycles. The van der Waals surface area contributed by atoms with Gasteiger partial charge in [0.2, 0.25) is 5.28 Å². The third-order valence-electron chi connectivity index (χ3n) is 5.58. The molecule has 1 aromatic carbocycles. The van der Waals surface area contributed by atoms with E-state index in [0.29, 0.717) is 16.9 Å². The van der Waals surface area contributed by atoms with Gasteiger partial charge in [-0.05, 0) is 35.6 Å². The van der Waals surface area contributed by atoms with Gasteiger partial charge in [-0.1, -0.05) is 24.3 Å². The van der Waals surface area contributed by atoms with Gasteiger partial charge in [-0.25, -0.2) is 4.68 Å². The summed E-state index contributed by atoms with van der Waals surface area (Å²) in [6.45, 7) is -0.418. The zero-order valence-corrected chi connectivity index (χ0v) is 16.1. The number of hydrogen-bond acceptors (Lipinski definition) is 8. The number of aliphatic hydroxyl groups excluding tert-OH is 3. The number of fused-ring (bicyclic) bond motifs is 2. The highest BCUT2D eigenvalue weighted by Gasteiger charge is 2.44. The third kappa shape index (κ3) is 3.15. The molecule has 1 aliphatic carbocycles. The Balaban J connectivity index is 1.46. The molecule has 9 nitrogen and oxygen atoms in total. The zero-order valence-electron chi connectivity index (χ0n) is 15.3. The van der Waals surface area contributed by atoms with Gasteiger partial charge in [0.25, 0.3) is 0 Å². The minimum absolute atomic E-state index is 0.0315. The Morgan fingerprint density at radius 3 is 2.52 bits per heavy atom. The summed E-state index contributed by atoms with van der Waals surface area (Å²) in [5.41, 5.74) is 2.99. The van der Waals surface area contributed by atoms with Crippen molar-refractivity contribution >= 4 is 28.5 Å². The van der Waals surface area contributed by atoms with Crippen LogP contribution >= 0.6 is 11.6 Å². The number of aliphatic hydroxyl groups is 3. The topological polar surface area (TPSA) is 126 Å². The summed E-state index contributed by atoms with van der Waals surface area (Å²) < 4.78 is 6.93. The molecule has 0 unspecified atom stereocenters. The lowest BCUT2D eigenvalue weighted by Crippen LogP contribution is -2.33. The molecule has 152 valence electrons. The van der Waals surface area contributed by atoms with Crippen molar-refractivity contribution in [2.45, 2.75) is 43.4 Å². The first kappa shape index (κ1) is 18.7. The Hall–Kier alpha value is -2.30. The number of anilines is 1. The maximum Gasteiger partial charge on any atom is 0.226 e. The van der Waals surface area contributed by atoms with Gasteiger partial charge in [0.05, 0.1) is 18.2 Å². The van der Waals surface area contributed by atoms with Gasteiger partial charge in [0.1, 0.15) is 24.1 Å². The first-order chi connectivity index (χ1) is 14.0. The van der Waals surface area contributed by atoms with Gasteiger partial charge < -0.3 is 25.4 Å². The van der Waals surface area contributed by atoms with Crippen molar-refractivity contribution in [2.24, 2.45) is 0 Å². The minimum Gasteiger partial charge on any atom is -0.394 e. The van der Waals surface area contributed by atoms with Crippen molar-refractivity contribution in [2.75, 3.05) is 11.9 Å². The molecule has 1 fully saturated rings. The second kappa shape index (κ2) is 7.19. The van der Waals surface area contributed by atoms with Crippen LogP contribution in [0.5, 0.6) is 0 Å². The highest BCUT2D eigenvalue weighted by atomic mass is 35.5. The van der Waals surface area contributed by atoms with Crippen LogP contribution in [-0.4, -0.2) is 66.0 Å². The Bertz CT molecular complexity index is 1040. The maximum atomic E-state index is 10.3. The molecular formula is C19H20ClN5O4. The first-order valence-electron chi connectivity index (χ1n) is 9.41. The molecule has 0 radical (unpaired) electrons. The molecule has 5 rings (SSSR count). The van der Waals surface area contributed by atoms with Crippen LogP contribution in [0.4, 0.5) is 5.82 Å². The number of aromatic nitrogens is 4. The van der Waals surface area contributed by atoms with Crippen molar-refractivity contribution in [3.63, 3.8) is 0 Å². The summed E-state index contributed by atoms with van der Waals surface area (Å²) in [5, 5.41) is 38.1. The van der Waals surface area contributed by atoms with Crippen LogP contribution in [0.3, 0.4) is 0 Å². The molecule has 10 heteroatoms. The highest BCUT2D eigenvalue weighted by molar-refractivity contribution is 6.28. The lowest BCUT2D eigenvalue weighted by atomic mass is 10.1. The van der Waals surface area contributed by atoms with E-state index in [1.54, 1.807) is 6.20 Å². The highest BCUT2D eigenvalue weighted by Crippen LogP contribution is 2.33. The van der Waals surface area contributed by atoms with Gasteiger partial charge in [-0.2, -0.15) is 15.1 Å². The molecule has 0 spiro atoms. The van der Waals surface area contributed by atoms with E-state index in [-0.39, 0.29) is 11.3 Å². The zero-order chi connectivity index (χ0) is 20.1. The monoisotopic (exact) mass is 417 g/mol. The number of rotatable bonds is 4. The first-order valence-corrected chi connectivity index (χ1v) is 9.79. The van der Waals surface area contributed by atoms with Crippen molar-refractivity contribution in [3.8, 4) is 0 Å². The Morgan fingerprint density at radius 2 is 1.86 bits per heavy atom. The molecule has 1 aliphatic heterocycles. The van der Waals surface area contributed by atoms with Crippen molar-refractivity contribution in [1.29, 1.82) is 0 Å². The van der Waals surface area contributed by atoms with Gasteiger partial charge in [0.15, 0.2) is 11.9 Å². The van der Waals surface area contributed by atoms with Crippen LogP contribution in [0.15, 0.2) is 30.5 Å². The van der Waals surface area contributed by atoms with Gasteiger partial charge in [-0.3, -0.25) is 0 Å². The van der Waals surface area contributed by atoms with E-state index in [1.807, 2.05) is 12.1 Å². The van der Waals surface area contributed by atoms with Crippen LogP contribution in [0.25, 0.3) is 11.0 Å². The SMILES string of the molecule is OC[C@H]1O[C@@H](n2ncc3c(NC4Cc5ccccc5C4)nc(Cl)nc32)[C@H](O)[C@@H]1O. The molecule has 4 atom stereocenters. The molecule has 0 amide bonds. The molecule has 4 N–H and O–H groups in total. The molecule has 29 heavy (non-hydrogen) atoms. The number of hydrogen-bond donors (Lipinski definition) is 4. The van der Waals surface area contributed by atoms with Gasteiger partial charge >= 0.3 is 0 Å². The summed E-state index contributed by atoms with van der Waals surface area (Å²) in [7, 11) is 0. The number of ether oxygens (including phenoxy) is 1. The van der Waals surface area contributed by atoms with E-state index < -0.39 is 31.1 Å². The number of benzene rings is 1. The average molecular weight is 418 g/mol. The van der Waals surface area contributed by atoms with Crippen molar-refractivity contribution in [1.82, 2.24) is 19.7 Å². The van der Waals surface area contributed by atoms with E-state index in [9.17, 15) is 15.3 Å². The molecular weight excluding hydrogens is 398 g/mol. The Kier molecular flexibility index (Phi) is 4.64. The standard InChI is InChI=1S/C19H20ClN5O4/c20-19-23-16(22-11-5-9-3-1-2-4-10(9)6-11)12-7-21-25(17(12)24-19)18-15(28)14(27)13(8-26)29-18/h1-4,7,11,13-15,18,26-28H,5-6,8H2,(H,22,23,24)/t13-,14-,15-,18-/m1/s1. The average Bonchev–Trinajstić information content (AvgIpc) is 3.38. The van der Waals surface area contributed by atoms with E-state index in [1.165, 1.54) is 15.8 Å². The fourth-order valence-corrected chi connectivity index (χ4v) is 4.30. The normalized spacial score (nSPS) is 26.9. The number of nitrogens with one attached hydrogen (secondary N) is 1. The van der Waals surface area contributed by atoms with Gasteiger partial charge in [-0.15, -0.1) is 0 Å². The Labute approximate surface area is 170 Å². The fraction of sp³-hybridized carbons (Fsp3) is 0.421. The minimum atomic E-state index is -1.26. The molecule has 2 aliphatic rings. The second-order valence-electron chi connectivity index (χ2n) is 7.41.